The van der Waals surface area contributed by atoms with Gasteiger partial charge >= 0.3 is 0 Å². The Morgan fingerprint density at radius 1 is 0.684 bits per heavy atom. The lowest BCUT2D eigenvalue weighted by atomic mass is 10.1. The molecule has 0 aromatic rings. The lowest BCUT2D eigenvalue weighted by molar-refractivity contribution is -0.890. The molecule has 0 fully saturated rings. The molecule has 19 heavy (non-hydrogen) atoms. The number of hydrogen-bond donors (Lipinski definition) is 0. The van der Waals surface area contributed by atoms with Gasteiger partial charge in [-0.25, -0.2) is 0 Å². The smallest absolute Gasteiger partial charge is 0.0782 e. The van der Waals surface area contributed by atoms with Gasteiger partial charge in [0.05, 0.1) is 27.2 Å². The summed E-state index contributed by atoms with van der Waals surface area (Å²) in [5.74, 6) is 0.817. The first-order valence-corrected chi connectivity index (χ1v) is 8.54. The van der Waals surface area contributed by atoms with Gasteiger partial charge in [0.2, 0.25) is 0 Å². The van der Waals surface area contributed by atoms with Crippen LogP contribution in [0.25, 0.3) is 0 Å². The number of hydrogen-bond acceptors (Lipinski definition) is 0. The third-order valence-corrected chi connectivity index (χ3v) is 4.03. The van der Waals surface area contributed by atoms with Gasteiger partial charge in [-0.3, -0.25) is 0 Å². The van der Waals surface area contributed by atoms with Crippen LogP contribution in [0, 0.1) is 0 Å². The fourth-order valence-electron chi connectivity index (χ4n) is 2.42. The predicted molar refractivity (Wildman–Crippen MR) is 84.4 cm³/mol. The summed E-state index contributed by atoms with van der Waals surface area (Å²) in [7, 11) is 4.71. The van der Waals surface area contributed by atoms with Gasteiger partial charge in [-0.05, 0) is 25.7 Å². The number of halogens is 2. The van der Waals surface area contributed by atoms with Crippen LogP contribution >= 0.6 is 11.6 Å². The molecule has 0 bridgehead atoms. The zero-order valence-corrected chi connectivity index (χ0v) is 16.3. The van der Waals surface area contributed by atoms with Gasteiger partial charge in [0, 0.05) is 5.88 Å². The summed E-state index contributed by atoms with van der Waals surface area (Å²) < 4.78 is 1.17. The molecule has 0 aromatic heterocycles. The van der Waals surface area contributed by atoms with E-state index in [4.69, 9.17) is 11.6 Å². The standard InChI is InChI=1S/C16H35ClN.HI/c1-4-5-6-7-8-9-10-12-15-18(2,3)16-13-11-14-17;/h4-16H2,1-3H3;1H/q+1;/p-1. The highest BCUT2D eigenvalue weighted by molar-refractivity contribution is 6.17. The number of quaternary nitrogens is 1. The highest BCUT2D eigenvalue weighted by Gasteiger charge is 2.13. The predicted octanol–water partition coefficient (Wildman–Crippen LogP) is 2.23. The third kappa shape index (κ3) is 16.9. The zero-order valence-electron chi connectivity index (χ0n) is 13.4. The quantitative estimate of drug-likeness (QED) is 0.191. The molecule has 0 aliphatic rings. The Labute approximate surface area is 144 Å². The lowest BCUT2D eigenvalue weighted by Gasteiger charge is -2.29. The highest BCUT2D eigenvalue weighted by Crippen LogP contribution is 2.11. The van der Waals surface area contributed by atoms with Crippen LogP contribution in [0.1, 0.15) is 71.1 Å². The van der Waals surface area contributed by atoms with E-state index in [2.05, 4.69) is 21.0 Å². The van der Waals surface area contributed by atoms with Crippen molar-refractivity contribution in [2.24, 2.45) is 0 Å². The number of alkyl halides is 1. The Bertz CT molecular complexity index is 174. The first-order chi connectivity index (χ1) is 8.62. The van der Waals surface area contributed by atoms with E-state index in [1.807, 2.05) is 0 Å². The Morgan fingerprint density at radius 2 is 1.11 bits per heavy atom. The van der Waals surface area contributed by atoms with Crippen molar-refractivity contribution < 1.29 is 28.5 Å². The van der Waals surface area contributed by atoms with Crippen molar-refractivity contribution in [3.05, 3.63) is 0 Å². The Kier molecular flexibility index (Phi) is 18.0. The monoisotopic (exact) mass is 403 g/mol. The molecule has 0 N–H and O–H groups in total. The second-order valence-corrected chi connectivity index (χ2v) is 6.63. The van der Waals surface area contributed by atoms with Crippen molar-refractivity contribution >= 4 is 11.6 Å². The topological polar surface area (TPSA) is 0 Å². The van der Waals surface area contributed by atoms with Gasteiger partial charge in [-0.2, -0.15) is 0 Å². The number of unbranched alkanes of at least 4 members (excludes halogenated alkanes) is 8. The molecule has 118 valence electrons. The van der Waals surface area contributed by atoms with Crippen LogP contribution in [-0.2, 0) is 0 Å². The molecule has 0 radical (unpaired) electrons. The summed E-state index contributed by atoms with van der Waals surface area (Å²) in [6, 6.07) is 0. The molecule has 0 atom stereocenters. The van der Waals surface area contributed by atoms with E-state index in [0.717, 1.165) is 5.88 Å². The van der Waals surface area contributed by atoms with E-state index < -0.39 is 0 Å². The maximum atomic E-state index is 5.72. The second kappa shape index (κ2) is 15.4. The van der Waals surface area contributed by atoms with Crippen LogP contribution in [0.4, 0.5) is 0 Å². The van der Waals surface area contributed by atoms with Crippen LogP contribution in [0.5, 0.6) is 0 Å². The summed E-state index contributed by atoms with van der Waals surface area (Å²) in [4.78, 5) is 0. The molecule has 3 heteroatoms. The van der Waals surface area contributed by atoms with Crippen molar-refractivity contribution in [3.63, 3.8) is 0 Å². The van der Waals surface area contributed by atoms with Gasteiger partial charge in [0.1, 0.15) is 0 Å². The van der Waals surface area contributed by atoms with Gasteiger partial charge in [0.15, 0.2) is 0 Å². The van der Waals surface area contributed by atoms with Crippen LogP contribution in [0.3, 0.4) is 0 Å². The molecular weight excluding hydrogens is 369 g/mol. The van der Waals surface area contributed by atoms with Crippen LogP contribution in [0.2, 0.25) is 0 Å². The molecule has 0 spiro atoms. The minimum Gasteiger partial charge on any atom is -1.00 e. The summed E-state index contributed by atoms with van der Waals surface area (Å²) >= 11 is 5.72. The Hall–Kier alpha value is 0.980. The molecule has 0 heterocycles. The van der Waals surface area contributed by atoms with Crippen molar-refractivity contribution in [2.45, 2.75) is 71.1 Å². The van der Waals surface area contributed by atoms with E-state index in [-0.39, 0.29) is 24.0 Å². The van der Waals surface area contributed by atoms with Gasteiger partial charge in [0.25, 0.3) is 0 Å². The zero-order chi connectivity index (χ0) is 13.7. The number of nitrogens with zero attached hydrogens (tertiary/aromatic N) is 1. The van der Waals surface area contributed by atoms with Crippen LogP contribution < -0.4 is 24.0 Å². The molecule has 0 saturated carbocycles. The SMILES string of the molecule is CCCCCCCCCC[N+](C)(C)CCCCCl.[I-]. The molecule has 0 aliphatic carbocycles. The Morgan fingerprint density at radius 3 is 1.58 bits per heavy atom. The Balaban J connectivity index is 0. The highest BCUT2D eigenvalue weighted by atomic mass is 127. The van der Waals surface area contributed by atoms with Crippen molar-refractivity contribution in [2.75, 3.05) is 33.1 Å². The lowest BCUT2D eigenvalue weighted by Crippen LogP contribution is -3.00. The maximum Gasteiger partial charge on any atom is 0.0782 e. The molecule has 0 unspecified atom stereocenters. The minimum atomic E-state index is 0. The average Bonchev–Trinajstić information content (AvgIpc) is 2.33. The van der Waals surface area contributed by atoms with Gasteiger partial charge in [-0.1, -0.05) is 45.4 Å². The summed E-state index contributed by atoms with van der Waals surface area (Å²) in [6.45, 7) is 4.89. The summed E-state index contributed by atoms with van der Waals surface area (Å²) in [6.07, 6.45) is 13.8. The first-order valence-electron chi connectivity index (χ1n) is 8.00. The van der Waals surface area contributed by atoms with Gasteiger partial charge < -0.3 is 28.5 Å². The van der Waals surface area contributed by atoms with E-state index in [0.29, 0.717) is 0 Å². The van der Waals surface area contributed by atoms with Crippen molar-refractivity contribution in [3.8, 4) is 0 Å². The fraction of sp³-hybridized carbons (Fsp3) is 1.00. The molecular formula is C16H35ClIN. The molecule has 0 rings (SSSR count). The fourth-order valence-corrected chi connectivity index (χ4v) is 2.61. The minimum absolute atomic E-state index is 0. The second-order valence-electron chi connectivity index (χ2n) is 6.25. The molecule has 0 amide bonds. The summed E-state index contributed by atoms with van der Waals surface area (Å²) in [5.41, 5.74) is 0. The molecule has 1 nitrogen and oxygen atoms in total. The largest absolute Gasteiger partial charge is 1.00 e. The average molecular weight is 404 g/mol. The van der Waals surface area contributed by atoms with E-state index in [1.165, 1.54) is 81.8 Å². The molecule has 0 aliphatic heterocycles. The number of rotatable bonds is 13. The first kappa shape index (κ1) is 22.3. The maximum absolute atomic E-state index is 5.72. The van der Waals surface area contributed by atoms with Crippen LogP contribution in [0.15, 0.2) is 0 Å². The normalized spacial score (nSPS) is 11.4. The van der Waals surface area contributed by atoms with Gasteiger partial charge in [-0.15, -0.1) is 11.6 Å². The van der Waals surface area contributed by atoms with Crippen molar-refractivity contribution in [1.29, 1.82) is 0 Å². The van der Waals surface area contributed by atoms with Crippen molar-refractivity contribution in [1.82, 2.24) is 0 Å². The molecule has 0 saturated heterocycles. The third-order valence-electron chi connectivity index (χ3n) is 3.76. The molecule has 0 aromatic carbocycles. The van der Waals surface area contributed by atoms with E-state index >= 15 is 0 Å². The summed E-state index contributed by atoms with van der Waals surface area (Å²) in [5, 5.41) is 0. The van der Waals surface area contributed by atoms with Crippen LogP contribution in [-0.4, -0.2) is 37.5 Å². The van der Waals surface area contributed by atoms with E-state index in [1.54, 1.807) is 0 Å². The van der Waals surface area contributed by atoms with E-state index in [9.17, 15) is 0 Å².